The molecule has 4 nitrogen and oxygen atoms in total. The van der Waals surface area contributed by atoms with Crippen molar-refractivity contribution < 1.29 is 9.53 Å². The van der Waals surface area contributed by atoms with E-state index in [4.69, 9.17) is 27.9 Å². The molecule has 6 heteroatoms. The number of hydrogen-bond acceptors (Lipinski definition) is 3. The SMILES string of the molecule is CC(NC(=O)C1CC1(Cl)Cl)c1ccc(OCc2cccnc2)cc1. The van der Waals surface area contributed by atoms with Gasteiger partial charge in [0.1, 0.15) is 16.7 Å². The highest BCUT2D eigenvalue weighted by atomic mass is 35.5. The number of hydrogen-bond donors (Lipinski definition) is 1. The summed E-state index contributed by atoms with van der Waals surface area (Å²) in [5, 5.41) is 2.93. The summed E-state index contributed by atoms with van der Waals surface area (Å²) in [4.78, 5) is 16.1. The fourth-order valence-corrected chi connectivity index (χ4v) is 2.90. The van der Waals surface area contributed by atoms with E-state index in [2.05, 4.69) is 10.3 Å². The van der Waals surface area contributed by atoms with E-state index in [0.29, 0.717) is 13.0 Å². The smallest absolute Gasteiger partial charge is 0.226 e. The molecule has 1 aliphatic carbocycles. The van der Waals surface area contributed by atoms with Crippen molar-refractivity contribution in [2.75, 3.05) is 0 Å². The Bertz CT molecular complexity index is 705. The van der Waals surface area contributed by atoms with Gasteiger partial charge in [0.25, 0.3) is 0 Å². The maximum atomic E-state index is 12.0. The number of pyridine rings is 1. The maximum absolute atomic E-state index is 12.0. The number of carbonyl (C=O) groups is 1. The number of nitrogens with zero attached hydrogens (tertiary/aromatic N) is 1. The van der Waals surface area contributed by atoms with Crippen LogP contribution >= 0.6 is 23.2 Å². The lowest BCUT2D eigenvalue weighted by Gasteiger charge is -2.15. The van der Waals surface area contributed by atoms with Gasteiger partial charge in [0.05, 0.1) is 12.0 Å². The molecule has 3 rings (SSSR count). The summed E-state index contributed by atoms with van der Waals surface area (Å²) in [5.41, 5.74) is 2.00. The van der Waals surface area contributed by atoms with Gasteiger partial charge in [-0.2, -0.15) is 0 Å². The molecule has 1 heterocycles. The van der Waals surface area contributed by atoms with Crippen LogP contribution in [0.15, 0.2) is 48.8 Å². The minimum atomic E-state index is -0.895. The predicted molar refractivity (Wildman–Crippen MR) is 94.1 cm³/mol. The van der Waals surface area contributed by atoms with E-state index in [9.17, 15) is 4.79 Å². The molecular formula is C18H18Cl2N2O2. The number of ether oxygens (including phenoxy) is 1. The normalized spacial score (nSPS) is 19.4. The average Bonchev–Trinajstić information content (AvgIpc) is 3.23. The standard InChI is InChI=1S/C18H18Cl2N2O2/c1-12(22-17(23)16-9-18(16,19)20)14-4-6-15(7-5-14)24-11-13-3-2-8-21-10-13/h2-8,10,12,16H,9,11H2,1H3,(H,22,23). The fourth-order valence-electron chi connectivity index (χ4n) is 2.40. The quantitative estimate of drug-likeness (QED) is 0.787. The Labute approximate surface area is 151 Å². The van der Waals surface area contributed by atoms with Crippen LogP contribution < -0.4 is 10.1 Å². The number of aromatic nitrogens is 1. The molecule has 1 saturated carbocycles. The molecule has 24 heavy (non-hydrogen) atoms. The molecule has 2 aromatic rings. The van der Waals surface area contributed by atoms with Crippen LogP contribution in [-0.4, -0.2) is 15.2 Å². The molecule has 0 bridgehead atoms. The van der Waals surface area contributed by atoms with Crippen LogP contribution in [-0.2, 0) is 11.4 Å². The number of halogens is 2. The second kappa shape index (κ2) is 6.99. The molecule has 0 spiro atoms. The summed E-state index contributed by atoms with van der Waals surface area (Å²) in [5.74, 6) is 0.346. The number of alkyl halides is 2. The van der Waals surface area contributed by atoms with Gasteiger partial charge in [0.2, 0.25) is 5.91 Å². The molecule has 0 radical (unpaired) electrons. The zero-order valence-corrected chi connectivity index (χ0v) is 14.7. The highest BCUT2D eigenvalue weighted by Gasteiger charge is 2.56. The first-order valence-corrected chi connectivity index (χ1v) is 8.51. The molecule has 0 aliphatic heterocycles. The Hall–Kier alpha value is -1.78. The molecule has 1 amide bonds. The van der Waals surface area contributed by atoms with E-state index >= 15 is 0 Å². The molecule has 1 fully saturated rings. The second-order valence-corrected chi connectivity index (χ2v) is 7.51. The van der Waals surface area contributed by atoms with Crippen molar-refractivity contribution in [2.45, 2.75) is 30.3 Å². The Balaban J connectivity index is 1.53. The van der Waals surface area contributed by atoms with Crippen molar-refractivity contribution in [1.82, 2.24) is 10.3 Å². The van der Waals surface area contributed by atoms with E-state index in [0.717, 1.165) is 16.9 Å². The van der Waals surface area contributed by atoms with Crippen LogP contribution in [0, 0.1) is 5.92 Å². The number of benzene rings is 1. The van der Waals surface area contributed by atoms with Gasteiger partial charge in [-0.3, -0.25) is 9.78 Å². The third kappa shape index (κ3) is 4.19. The molecule has 1 N–H and O–H groups in total. The van der Waals surface area contributed by atoms with Crippen LogP contribution in [0.1, 0.15) is 30.5 Å². The highest BCUT2D eigenvalue weighted by Crippen LogP contribution is 2.53. The summed E-state index contributed by atoms with van der Waals surface area (Å²) in [6, 6.07) is 11.4. The number of amides is 1. The lowest BCUT2D eigenvalue weighted by atomic mass is 10.1. The highest BCUT2D eigenvalue weighted by molar-refractivity contribution is 6.52. The van der Waals surface area contributed by atoms with Crippen LogP contribution in [0.5, 0.6) is 5.75 Å². The summed E-state index contributed by atoms with van der Waals surface area (Å²) < 4.78 is 4.83. The van der Waals surface area contributed by atoms with Crippen LogP contribution in [0.25, 0.3) is 0 Å². The van der Waals surface area contributed by atoms with Crippen molar-refractivity contribution in [2.24, 2.45) is 5.92 Å². The van der Waals surface area contributed by atoms with Gasteiger partial charge >= 0.3 is 0 Å². The average molecular weight is 365 g/mol. The third-order valence-corrected chi connectivity index (χ3v) is 4.85. The summed E-state index contributed by atoms with van der Waals surface area (Å²) in [6.07, 6.45) is 4.02. The van der Waals surface area contributed by atoms with Crippen molar-refractivity contribution in [3.8, 4) is 5.75 Å². The maximum Gasteiger partial charge on any atom is 0.226 e. The lowest BCUT2D eigenvalue weighted by molar-refractivity contribution is -0.123. The molecule has 1 aromatic carbocycles. The van der Waals surface area contributed by atoms with Gasteiger partial charge in [-0.05, 0) is 37.1 Å². The number of rotatable bonds is 6. The number of carbonyl (C=O) groups excluding carboxylic acids is 1. The van der Waals surface area contributed by atoms with Crippen molar-refractivity contribution in [1.29, 1.82) is 0 Å². The Morgan fingerprint density at radius 3 is 2.67 bits per heavy atom. The predicted octanol–water partition coefficient (Wildman–Crippen LogP) is 4.03. The minimum absolute atomic E-state index is 0.107. The van der Waals surface area contributed by atoms with Gasteiger partial charge in [-0.1, -0.05) is 18.2 Å². The third-order valence-electron chi connectivity index (χ3n) is 4.01. The van der Waals surface area contributed by atoms with Crippen LogP contribution in [0.3, 0.4) is 0 Å². The zero-order chi connectivity index (χ0) is 17.2. The topological polar surface area (TPSA) is 51.2 Å². The van der Waals surface area contributed by atoms with Crippen molar-refractivity contribution in [3.05, 3.63) is 59.9 Å². The van der Waals surface area contributed by atoms with Crippen molar-refractivity contribution >= 4 is 29.1 Å². The first-order chi connectivity index (χ1) is 11.5. The number of nitrogens with one attached hydrogen (secondary N) is 1. The Morgan fingerprint density at radius 2 is 2.08 bits per heavy atom. The van der Waals surface area contributed by atoms with Gasteiger partial charge in [0.15, 0.2) is 0 Å². The first-order valence-electron chi connectivity index (χ1n) is 7.75. The van der Waals surface area contributed by atoms with Crippen molar-refractivity contribution in [3.63, 3.8) is 0 Å². The summed E-state index contributed by atoms with van der Waals surface area (Å²) in [7, 11) is 0. The summed E-state index contributed by atoms with van der Waals surface area (Å²) >= 11 is 11.8. The summed E-state index contributed by atoms with van der Waals surface area (Å²) in [6.45, 7) is 2.39. The molecule has 1 aromatic heterocycles. The van der Waals surface area contributed by atoms with Gasteiger partial charge < -0.3 is 10.1 Å². The molecule has 126 valence electrons. The molecule has 1 aliphatic rings. The van der Waals surface area contributed by atoms with Gasteiger partial charge in [-0.15, -0.1) is 23.2 Å². The minimum Gasteiger partial charge on any atom is -0.489 e. The van der Waals surface area contributed by atoms with E-state index in [1.54, 1.807) is 12.4 Å². The first kappa shape index (κ1) is 17.1. The second-order valence-electron chi connectivity index (χ2n) is 5.97. The zero-order valence-electron chi connectivity index (χ0n) is 13.2. The molecule has 2 unspecified atom stereocenters. The molecule has 0 saturated heterocycles. The monoisotopic (exact) mass is 364 g/mol. The van der Waals surface area contributed by atoms with Crippen LogP contribution in [0.2, 0.25) is 0 Å². The van der Waals surface area contributed by atoms with E-state index in [1.165, 1.54) is 0 Å². The molecular weight excluding hydrogens is 347 g/mol. The Kier molecular flexibility index (Phi) is 4.97. The van der Waals surface area contributed by atoms with E-state index < -0.39 is 4.33 Å². The lowest BCUT2D eigenvalue weighted by Crippen LogP contribution is -2.29. The van der Waals surface area contributed by atoms with E-state index in [1.807, 2.05) is 43.3 Å². The van der Waals surface area contributed by atoms with E-state index in [-0.39, 0.29) is 17.9 Å². The Morgan fingerprint density at radius 1 is 1.38 bits per heavy atom. The molecule has 2 atom stereocenters. The van der Waals surface area contributed by atoms with Gasteiger partial charge in [0, 0.05) is 18.0 Å². The van der Waals surface area contributed by atoms with Crippen LogP contribution in [0.4, 0.5) is 0 Å². The van der Waals surface area contributed by atoms with Gasteiger partial charge in [-0.25, -0.2) is 0 Å². The largest absolute Gasteiger partial charge is 0.489 e. The fraction of sp³-hybridized carbons (Fsp3) is 0.333.